The fraction of sp³-hybridized carbons (Fsp3) is 0.462. The van der Waals surface area contributed by atoms with Crippen LogP contribution in [0.2, 0.25) is 0 Å². The third-order valence-electron chi connectivity index (χ3n) is 2.94. The minimum Gasteiger partial charge on any atom is -0.494 e. The second-order valence-corrected chi connectivity index (χ2v) is 5.21. The number of hydrogen-bond acceptors (Lipinski definition) is 2. The number of amides is 1. The molecule has 0 atom stereocenters. The highest BCUT2D eigenvalue weighted by Gasteiger charge is 2.20. The predicted molar refractivity (Wildman–Crippen MR) is 77.2 cm³/mol. The maximum atomic E-state index is 11.5. The Bertz CT molecular complexity index is 420. The van der Waals surface area contributed by atoms with E-state index in [4.69, 9.17) is 4.74 Å². The van der Waals surface area contributed by atoms with Crippen LogP contribution in [-0.2, 0) is 11.2 Å². The first-order valence-electron chi connectivity index (χ1n) is 5.80. The lowest BCUT2D eigenvalue weighted by molar-refractivity contribution is -0.118. The summed E-state index contributed by atoms with van der Waals surface area (Å²) >= 11 is 2.35. The van der Waals surface area contributed by atoms with E-state index in [0.29, 0.717) is 6.42 Å². The summed E-state index contributed by atoms with van der Waals surface area (Å²) in [6.45, 7) is 0.760. The van der Waals surface area contributed by atoms with E-state index >= 15 is 0 Å². The highest BCUT2D eigenvalue weighted by molar-refractivity contribution is 14.1. The second-order valence-electron chi connectivity index (χ2n) is 4.13. The van der Waals surface area contributed by atoms with Crippen LogP contribution >= 0.6 is 22.6 Å². The smallest absolute Gasteiger partial charge is 0.227 e. The molecule has 0 unspecified atom stereocenters. The summed E-state index contributed by atoms with van der Waals surface area (Å²) in [5.41, 5.74) is 2.22. The van der Waals surface area contributed by atoms with Gasteiger partial charge in [0.15, 0.2) is 0 Å². The van der Waals surface area contributed by atoms with E-state index in [9.17, 15) is 4.79 Å². The lowest BCUT2D eigenvalue weighted by Gasteiger charge is -2.26. The Balaban J connectivity index is 2.12. The summed E-state index contributed by atoms with van der Waals surface area (Å²) in [4.78, 5) is 13.3. The molecule has 0 spiro atoms. The molecule has 1 aliphatic heterocycles. The van der Waals surface area contributed by atoms with Gasteiger partial charge in [-0.05, 0) is 36.6 Å². The number of anilines is 1. The van der Waals surface area contributed by atoms with Crippen LogP contribution in [0.5, 0.6) is 5.75 Å². The molecule has 0 saturated carbocycles. The van der Waals surface area contributed by atoms with Crippen molar-refractivity contribution >= 4 is 34.2 Å². The summed E-state index contributed by atoms with van der Waals surface area (Å²) in [7, 11) is 1.83. The minimum absolute atomic E-state index is 0.191. The molecule has 0 N–H and O–H groups in total. The molecule has 1 heterocycles. The Kier molecular flexibility index (Phi) is 4.25. The first kappa shape index (κ1) is 12.7. The average Bonchev–Trinajstić information content (AvgIpc) is 2.34. The van der Waals surface area contributed by atoms with Crippen molar-refractivity contribution in [3.63, 3.8) is 0 Å². The summed E-state index contributed by atoms with van der Waals surface area (Å²) in [6.07, 6.45) is 2.48. The zero-order valence-electron chi connectivity index (χ0n) is 9.91. The number of fused-ring (bicyclic) bond motifs is 1. The van der Waals surface area contributed by atoms with Crippen molar-refractivity contribution in [3.05, 3.63) is 23.8 Å². The van der Waals surface area contributed by atoms with Crippen molar-refractivity contribution in [1.29, 1.82) is 0 Å². The Labute approximate surface area is 115 Å². The van der Waals surface area contributed by atoms with Crippen molar-refractivity contribution in [3.8, 4) is 5.75 Å². The predicted octanol–water partition coefficient (Wildman–Crippen LogP) is 2.80. The summed E-state index contributed by atoms with van der Waals surface area (Å²) in [6, 6.07) is 5.98. The van der Waals surface area contributed by atoms with Crippen LogP contribution in [0.15, 0.2) is 18.2 Å². The highest BCUT2D eigenvalue weighted by Crippen LogP contribution is 2.30. The second kappa shape index (κ2) is 5.71. The number of nitrogens with zero attached hydrogens (tertiary/aromatic N) is 1. The number of alkyl halides is 1. The summed E-state index contributed by atoms with van der Waals surface area (Å²) in [5.74, 6) is 1.10. The quantitative estimate of drug-likeness (QED) is 0.477. The number of aryl methyl sites for hydroxylation is 1. The van der Waals surface area contributed by atoms with Gasteiger partial charge < -0.3 is 9.64 Å². The largest absolute Gasteiger partial charge is 0.494 e. The van der Waals surface area contributed by atoms with Gasteiger partial charge >= 0.3 is 0 Å². The zero-order valence-corrected chi connectivity index (χ0v) is 12.1. The molecule has 92 valence electrons. The molecule has 0 radical (unpaired) electrons. The number of carbonyl (C=O) groups excluding carboxylic acids is 1. The lowest BCUT2D eigenvalue weighted by Crippen LogP contribution is -2.30. The normalized spacial score (nSPS) is 14.7. The number of carbonyl (C=O) groups is 1. The average molecular weight is 345 g/mol. The molecule has 1 aromatic carbocycles. The molecular weight excluding hydrogens is 329 g/mol. The number of benzene rings is 1. The van der Waals surface area contributed by atoms with E-state index in [0.717, 1.165) is 35.3 Å². The first-order valence-corrected chi connectivity index (χ1v) is 7.33. The van der Waals surface area contributed by atoms with Crippen LogP contribution in [0.4, 0.5) is 5.69 Å². The van der Waals surface area contributed by atoms with Gasteiger partial charge in [-0.15, -0.1) is 0 Å². The number of ether oxygens (including phenoxy) is 1. The maximum absolute atomic E-state index is 11.5. The molecule has 1 amide bonds. The van der Waals surface area contributed by atoms with Gasteiger partial charge in [-0.3, -0.25) is 4.79 Å². The fourth-order valence-electron chi connectivity index (χ4n) is 1.97. The molecule has 3 nitrogen and oxygen atoms in total. The van der Waals surface area contributed by atoms with Gasteiger partial charge in [-0.1, -0.05) is 22.6 Å². The van der Waals surface area contributed by atoms with Crippen LogP contribution in [0.3, 0.4) is 0 Å². The van der Waals surface area contributed by atoms with Crippen LogP contribution in [0, 0.1) is 0 Å². The maximum Gasteiger partial charge on any atom is 0.227 e. The molecular formula is C13H16INO2. The van der Waals surface area contributed by atoms with Gasteiger partial charge in [0, 0.05) is 23.6 Å². The van der Waals surface area contributed by atoms with Gasteiger partial charge in [-0.25, -0.2) is 0 Å². The first-order chi connectivity index (χ1) is 8.22. The van der Waals surface area contributed by atoms with Crippen LogP contribution in [0.1, 0.15) is 18.4 Å². The number of halogens is 1. The molecule has 1 aliphatic rings. The van der Waals surface area contributed by atoms with Crippen molar-refractivity contribution in [2.45, 2.75) is 19.3 Å². The SMILES string of the molecule is CN1C(=O)CCc2cc(OCCCI)ccc21. The lowest BCUT2D eigenvalue weighted by atomic mass is 10.0. The molecule has 1 aromatic rings. The Morgan fingerprint density at radius 3 is 3.00 bits per heavy atom. The van der Waals surface area contributed by atoms with Crippen LogP contribution in [-0.4, -0.2) is 24.0 Å². The minimum atomic E-state index is 0.191. The number of rotatable bonds is 4. The molecule has 0 aromatic heterocycles. The molecule has 0 fully saturated rings. The molecule has 2 rings (SSSR count). The van der Waals surface area contributed by atoms with E-state index in [-0.39, 0.29) is 5.91 Å². The standard InChI is InChI=1S/C13H16INO2/c1-15-12-5-4-11(17-8-2-7-14)9-10(12)3-6-13(15)16/h4-5,9H,2-3,6-8H2,1H3. The van der Waals surface area contributed by atoms with Crippen molar-refractivity contribution in [1.82, 2.24) is 0 Å². The summed E-state index contributed by atoms with van der Waals surface area (Å²) in [5, 5.41) is 0. The third-order valence-corrected chi connectivity index (χ3v) is 3.70. The fourth-order valence-corrected chi connectivity index (χ4v) is 2.28. The van der Waals surface area contributed by atoms with Gasteiger partial charge in [0.2, 0.25) is 5.91 Å². The third kappa shape index (κ3) is 2.91. The topological polar surface area (TPSA) is 29.5 Å². The zero-order chi connectivity index (χ0) is 12.3. The Morgan fingerprint density at radius 1 is 1.41 bits per heavy atom. The number of hydrogen-bond donors (Lipinski definition) is 0. The van der Waals surface area contributed by atoms with E-state index in [2.05, 4.69) is 28.7 Å². The monoisotopic (exact) mass is 345 g/mol. The highest BCUT2D eigenvalue weighted by atomic mass is 127. The van der Waals surface area contributed by atoms with Crippen molar-refractivity contribution < 1.29 is 9.53 Å². The van der Waals surface area contributed by atoms with Crippen LogP contribution < -0.4 is 9.64 Å². The van der Waals surface area contributed by atoms with Crippen molar-refractivity contribution in [2.24, 2.45) is 0 Å². The van der Waals surface area contributed by atoms with Gasteiger partial charge in [0.25, 0.3) is 0 Å². The Hall–Kier alpha value is -0.780. The van der Waals surface area contributed by atoms with Gasteiger partial charge in [0.1, 0.15) is 5.75 Å². The molecule has 17 heavy (non-hydrogen) atoms. The van der Waals surface area contributed by atoms with E-state index < -0.39 is 0 Å². The van der Waals surface area contributed by atoms with E-state index in [1.165, 1.54) is 5.56 Å². The van der Waals surface area contributed by atoms with Gasteiger partial charge in [-0.2, -0.15) is 0 Å². The molecule has 0 bridgehead atoms. The Morgan fingerprint density at radius 2 is 2.24 bits per heavy atom. The van der Waals surface area contributed by atoms with Crippen molar-refractivity contribution in [2.75, 3.05) is 23.0 Å². The van der Waals surface area contributed by atoms with E-state index in [1.807, 2.05) is 19.2 Å². The van der Waals surface area contributed by atoms with Crippen LogP contribution in [0.25, 0.3) is 0 Å². The molecule has 0 saturated heterocycles. The van der Waals surface area contributed by atoms with Gasteiger partial charge in [0.05, 0.1) is 6.61 Å². The molecule has 0 aliphatic carbocycles. The van der Waals surface area contributed by atoms with E-state index in [1.54, 1.807) is 4.90 Å². The summed E-state index contributed by atoms with van der Waals surface area (Å²) < 4.78 is 6.78. The molecule has 4 heteroatoms.